The van der Waals surface area contributed by atoms with Crippen molar-refractivity contribution in [2.75, 3.05) is 17.7 Å². The molecule has 0 bridgehead atoms. The number of anilines is 2. The number of hydrogen-bond acceptors (Lipinski definition) is 8. The zero-order chi connectivity index (χ0) is 23.7. The van der Waals surface area contributed by atoms with Crippen molar-refractivity contribution in [1.82, 2.24) is 0 Å². The highest BCUT2D eigenvalue weighted by Crippen LogP contribution is 2.35. The fraction of sp³-hybridized carbons (Fsp3) is 0.105. The van der Waals surface area contributed by atoms with Crippen LogP contribution in [-0.4, -0.2) is 38.9 Å². The Morgan fingerprint density at radius 1 is 0.875 bits per heavy atom. The van der Waals surface area contributed by atoms with Crippen molar-refractivity contribution < 1.29 is 30.7 Å². The Morgan fingerprint density at radius 3 is 2.16 bits per heavy atom. The summed E-state index contributed by atoms with van der Waals surface area (Å²) >= 11 is 0. The summed E-state index contributed by atoms with van der Waals surface area (Å²) in [6.07, 6.45) is 0. The average Bonchev–Trinajstić information content (AvgIpc) is 2.69. The minimum absolute atomic E-state index is 0.118. The van der Waals surface area contributed by atoms with Crippen LogP contribution >= 0.6 is 0 Å². The molecule has 32 heavy (non-hydrogen) atoms. The molecule has 0 aliphatic rings. The molecule has 3 aromatic rings. The molecule has 3 rings (SSSR count). The lowest BCUT2D eigenvalue weighted by Gasteiger charge is -2.10. The lowest BCUT2D eigenvalue weighted by Crippen LogP contribution is -2.06. The van der Waals surface area contributed by atoms with E-state index < -0.39 is 30.0 Å². The van der Waals surface area contributed by atoms with Crippen molar-refractivity contribution >= 4 is 59.7 Å². The summed E-state index contributed by atoms with van der Waals surface area (Å²) in [5.74, 6) is -0.355. The fourth-order valence-corrected chi connectivity index (χ4v) is 4.41. The monoisotopic (exact) mass is 478 g/mol. The Bertz CT molecular complexity index is 1470. The van der Waals surface area contributed by atoms with Gasteiger partial charge in [-0.15, -0.1) is 5.11 Å². The predicted molar refractivity (Wildman–Crippen MR) is 118 cm³/mol. The molecule has 0 spiro atoms. The second-order valence-corrected chi connectivity index (χ2v) is 9.39. The van der Waals surface area contributed by atoms with Gasteiger partial charge in [-0.25, -0.2) is 0 Å². The molecule has 0 fully saturated rings. The molecule has 3 aromatic carbocycles. The van der Waals surface area contributed by atoms with Gasteiger partial charge in [0.05, 0.1) is 11.4 Å². The molecule has 13 heteroatoms. The molecule has 0 aliphatic heterocycles. The van der Waals surface area contributed by atoms with Crippen LogP contribution in [-0.2, 0) is 25.0 Å². The molecule has 0 radical (unpaired) electrons. The van der Waals surface area contributed by atoms with Crippen molar-refractivity contribution in [3.63, 3.8) is 0 Å². The van der Waals surface area contributed by atoms with Crippen LogP contribution in [0.2, 0.25) is 0 Å². The van der Waals surface area contributed by atoms with Crippen molar-refractivity contribution in [1.29, 1.82) is 0 Å². The lowest BCUT2D eigenvalue weighted by molar-refractivity contribution is -0.114. The van der Waals surface area contributed by atoms with Gasteiger partial charge in [-0.05, 0) is 36.4 Å². The summed E-state index contributed by atoms with van der Waals surface area (Å²) in [6.45, 7) is 1.31. The summed E-state index contributed by atoms with van der Waals surface area (Å²) in [7, 11) is -7.79. The third-order valence-corrected chi connectivity index (χ3v) is 6.13. The van der Waals surface area contributed by atoms with Crippen LogP contribution < -0.4 is 10.6 Å². The third-order valence-electron chi connectivity index (χ3n) is 4.33. The smallest absolute Gasteiger partial charge is 0.295 e. The summed E-state index contributed by atoms with van der Waals surface area (Å²) < 4.78 is 66.4. The van der Waals surface area contributed by atoms with Crippen molar-refractivity contribution in [3.8, 4) is 0 Å². The van der Waals surface area contributed by atoms with Crippen LogP contribution in [0.3, 0.4) is 0 Å². The number of amides is 1. The minimum Gasteiger partial charge on any atom is -0.388 e. The van der Waals surface area contributed by atoms with Gasteiger partial charge in [-0.3, -0.25) is 13.9 Å². The summed E-state index contributed by atoms with van der Waals surface area (Å²) in [4.78, 5) is 10.3. The maximum absolute atomic E-state index is 11.9. The number of nitrogens with one attached hydrogen (secondary N) is 2. The van der Waals surface area contributed by atoms with Crippen LogP contribution in [0.25, 0.3) is 10.8 Å². The van der Waals surface area contributed by atoms with Crippen LogP contribution in [0.15, 0.2) is 68.6 Å². The van der Waals surface area contributed by atoms with Gasteiger partial charge in [0, 0.05) is 30.4 Å². The number of nitrogens with zero attached hydrogens (tertiary/aromatic N) is 2. The number of fused-ring (bicyclic) bond motifs is 1. The first-order chi connectivity index (χ1) is 14.9. The second-order valence-electron chi connectivity index (χ2n) is 6.61. The Morgan fingerprint density at radius 2 is 1.56 bits per heavy atom. The van der Waals surface area contributed by atoms with Gasteiger partial charge < -0.3 is 10.6 Å². The Balaban J connectivity index is 2.22. The number of benzene rings is 3. The SMILES string of the molecule is CNc1ccc(N=Nc2cc(S(=O)(=O)O)c3cccc(S(=O)(=O)O)c3c2)c(NC(C)=O)c1. The van der Waals surface area contributed by atoms with E-state index in [0.717, 1.165) is 12.1 Å². The highest BCUT2D eigenvalue weighted by Gasteiger charge is 2.21. The molecule has 0 aliphatic carbocycles. The highest BCUT2D eigenvalue weighted by molar-refractivity contribution is 7.86. The van der Waals surface area contributed by atoms with E-state index in [1.807, 2.05) is 0 Å². The quantitative estimate of drug-likeness (QED) is 0.306. The van der Waals surface area contributed by atoms with E-state index in [0.29, 0.717) is 11.4 Å². The van der Waals surface area contributed by atoms with E-state index in [4.69, 9.17) is 0 Å². The first-order valence-corrected chi connectivity index (χ1v) is 11.8. The van der Waals surface area contributed by atoms with E-state index in [1.54, 1.807) is 25.2 Å². The maximum atomic E-state index is 11.9. The second kappa shape index (κ2) is 8.63. The van der Waals surface area contributed by atoms with Gasteiger partial charge in [0.15, 0.2) is 0 Å². The predicted octanol–water partition coefficient (Wildman–Crippen LogP) is 3.75. The van der Waals surface area contributed by atoms with E-state index in [2.05, 4.69) is 20.9 Å². The number of azo groups is 1. The molecule has 0 heterocycles. The standard InChI is InChI=1S/C19H18N4O7S2/c1-11(24)21-17-9-12(20-2)6-7-16(17)23-22-13-8-15-14(19(10-13)32(28,29)30)4-3-5-18(15)31(25,26)27/h3-10,20H,1-2H3,(H,21,24)(H,25,26,27)(H,28,29,30). The molecule has 168 valence electrons. The van der Waals surface area contributed by atoms with Gasteiger partial charge in [-0.2, -0.15) is 21.9 Å². The molecule has 4 N–H and O–H groups in total. The topological polar surface area (TPSA) is 175 Å². The average molecular weight is 479 g/mol. The minimum atomic E-state index is -4.77. The zero-order valence-electron chi connectivity index (χ0n) is 16.8. The molecule has 1 amide bonds. The highest BCUT2D eigenvalue weighted by atomic mass is 32.2. The van der Waals surface area contributed by atoms with Crippen molar-refractivity contribution in [3.05, 3.63) is 48.5 Å². The van der Waals surface area contributed by atoms with E-state index in [1.165, 1.54) is 25.1 Å². The lowest BCUT2D eigenvalue weighted by atomic mass is 10.1. The number of carbonyl (C=O) groups is 1. The summed E-state index contributed by atoms with van der Waals surface area (Å²) in [5, 5.41) is 13.2. The van der Waals surface area contributed by atoms with Gasteiger partial charge in [0.2, 0.25) is 5.91 Å². The molecule has 0 saturated heterocycles. The summed E-state index contributed by atoms with van der Waals surface area (Å²) in [5.41, 5.74) is 1.12. The Hall–Kier alpha value is -3.39. The summed E-state index contributed by atoms with van der Waals surface area (Å²) in [6, 6.07) is 10.6. The van der Waals surface area contributed by atoms with E-state index in [9.17, 15) is 30.7 Å². The van der Waals surface area contributed by atoms with Gasteiger partial charge in [0.1, 0.15) is 15.5 Å². The molecular formula is C19H18N4O7S2. The van der Waals surface area contributed by atoms with Crippen LogP contribution in [0.5, 0.6) is 0 Å². The maximum Gasteiger partial charge on any atom is 0.295 e. The van der Waals surface area contributed by atoms with Crippen LogP contribution in [0.1, 0.15) is 6.92 Å². The van der Waals surface area contributed by atoms with Crippen molar-refractivity contribution in [2.24, 2.45) is 10.2 Å². The number of hydrogen-bond donors (Lipinski definition) is 4. The van der Waals surface area contributed by atoms with E-state index >= 15 is 0 Å². The first-order valence-electron chi connectivity index (χ1n) is 8.93. The first kappa shape index (κ1) is 23.3. The molecule has 0 aromatic heterocycles. The molecular weight excluding hydrogens is 460 g/mol. The van der Waals surface area contributed by atoms with Gasteiger partial charge in [-0.1, -0.05) is 12.1 Å². The molecule has 11 nitrogen and oxygen atoms in total. The third kappa shape index (κ3) is 5.08. The van der Waals surface area contributed by atoms with E-state index in [-0.39, 0.29) is 28.1 Å². The molecule has 0 unspecified atom stereocenters. The zero-order valence-corrected chi connectivity index (χ0v) is 18.4. The van der Waals surface area contributed by atoms with Gasteiger partial charge >= 0.3 is 0 Å². The molecule has 0 atom stereocenters. The molecule has 0 saturated carbocycles. The normalized spacial score (nSPS) is 12.2. The Labute approximate surface area is 183 Å². The number of rotatable bonds is 6. The Kier molecular flexibility index (Phi) is 6.27. The van der Waals surface area contributed by atoms with Crippen LogP contribution in [0, 0.1) is 0 Å². The fourth-order valence-electron chi connectivity index (χ4n) is 2.99. The van der Waals surface area contributed by atoms with Crippen LogP contribution in [0.4, 0.5) is 22.7 Å². The van der Waals surface area contributed by atoms with Gasteiger partial charge in [0.25, 0.3) is 20.2 Å². The van der Waals surface area contributed by atoms with Crippen molar-refractivity contribution in [2.45, 2.75) is 16.7 Å². The number of carbonyl (C=O) groups excluding carboxylic acids is 1. The largest absolute Gasteiger partial charge is 0.388 e.